The van der Waals surface area contributed by atoms with E-state index >= 15 is 0 Å². The van der Waals surface area contributed by atoms with Crippen molar-refractivity contribution in [1.82, 2.24) is 4.57 Å². The van der Waals surface area contributed by atoms with Crippen LogP contribution in [0.5, 0.6) is 5.75 Å². The lowest BCUT2D eigenvalue weighted by atomic mass is 9.91. The zero-order valence-electron chi connectivity index (χ0n) is 11.0. The van der Waals surface area contributed by atoms with Crippen LogP contribution in [0.2, 0.25) is 0 Å². The predicted octanol–water partition coefficient (Wildman–Crippen LogP) is 0.866. The lowest BCUT2D eigenvalue weighted by Crippen LogP contribution is -2.42. The largest absolute Gasteiger partial charge is 0.507 e. The molecule has 1 aliphatic rings. The van der Waals surface area contributed by atoms with Crippen LogP contribution in [0.1, 0.15) is 30.1 Å². The van der Waals surface area contributed by atoms with Gasteiger partial charge in [-0.1, -0.05) is 0 Å². The molecule has 0 radical (unpaired) electrons. The van der Waals surface area contributed by atoms with Crippen molar-refractivity contribution in [2.45, 2.75) is 25.3 Å². The number of carbonyl (C=O) groups excluding carboxylic acids is 1. The molecule has 1 aromatic heterocycles. The van der Waals surface area contributed by atoms with E-state index < -0.39 is 11.5 Å². The lowest BCUT2D eigenvalue weighted by Gasteiger charge is -2.35. The van der Waals surface area contributed by atoms with Crippen LogP contribution >= 0.6 is 0 Å². The van der Waals surface area contributed by atoms with Gasteiger partial charge in [0.25, 0.3) is 5.56 Å². The maximum absolute atomic E-state index is 12.0. The third kappa shape index (κ3) is 2.49. The Balaban J connectivity index is 2.51. The van der Waals surface area contributed by atoms with E-state index in [4.69, 9.17) is 4.74 Å². The molecule has 2 heterocycles. The maximum atomic E-state index is 12.0. The summed E-state index contributed by atoms with van der Waals surface area (Å²) < 4.78 is 11.4. The van der Waals surface area contributed by atoms with E-state index in [1.54, 1.807) is 0 Å². The molecule has 0 atom stereocenters. The Morgan fingerprint density at radius 3 is 2.68 bits per heavy atom. The van der Waals surface area contributed by atoms with Crippen LogP contribution in [-0.2, 0) is 15.0 Å². The first kappa shape index (κ1) is 13.6. The Morgan fingerprint density at radius 2 is 2.11 bits per heavy atom. The molecule has 0 aliphatic carbocycles. The Morgan fingerprint density at radius 1 is 1.47 bits per heavy atom. The molecule has 2 rings (SSSR count). The summed E-state index contributed by atoms with van der Waals surface area (Å²) >= 11 is 0. The van der Waals surface area contributed by atoms with Crippen molar-refractivity contribution in [3.63, 3.8) is 0 Å². The minimum atomic E-state index is -0.665. The highest BCUT2D eigenvalue weighted by molar-refractivity contribution is 5.91. The van der Waals surface area contributed by atoms with Crippen molar-refractivity contribution in [2.24, 2.45) is 0 Å². The lowest BCUT2D eigenvalue weighted by molar-refractivity contribution is 0.0276. The van der Waals surface area contributed by atoms with Gasteiger partial charge in [0.2, 0.25) is 0 Å². The minimum absolute atomic E-state index is 0.00480. The standard InChI is InChI=1S/C13H17NO5/c1-13(3-5-19-6-4-13)14-8-9(12(17)18-2)10(15)7-11(14)16/h7-8,15H,3-6H2,1-2H3. The highest BCUT2D eigenvalue weighted by Gasteiger charge is 2.31. The molecule has 1 N–H and O–H groups in total. The molecule has 1 saturated heterocycles. The SMILES string of the molecule is COC(=O)c1cn(C2(C)CCOCC2)c(=O)cc1O. The van der Waals surface area contributed by atoms with Crippen LogP contribution in [0.15, 0.2) is 17.1 Å². The van der Waals surface area contributed by atoms with E-state index in [9.17, 15) is 14.7 Å². The summed E-state index contributed by atoms with van der Waals surface area (Å²) in [6, 6.07) is 1.05. The van der Waals surface area contributed by atoms with Gasteiger partial charge in [-0.25, -0.2) is 4.79 Å². The second kappa shape index (κ2) is 5.05. The van der Waals surface area contributed by atoms with Crippen molar-refractivity contribution in [3.05, 3.63) is 28.2 Å². The monoisotopic (exact) mass is 267 g/mol. The van der Waals surface area contributed by atoms with E-state index in [1.165, 1.54) is 17.9 Å². The molecule has 0 bridgehead atoms. The highest BCUT2D eigenvalue weighted by Crippen LogP contribution is 2.28. The van der Waals surface area contributed by atoms with E-state index in [2.05, 4.69) is 4.74 Å². The third-order valence-electron chi connectivity index (χ3n) is 3.59. The smallest absolute Gasteiger partial charge is 0.343 e. The summed E-state index contributed by atoms with van der Waals surface area (Å²) in [7, 11) is 1.23. The second-order valence-electron chi connectivity index (χ2n) is 4.88. The number of aromatic hydroxyl groups is 1. The topological polar surface area (TPSA) is 77.8 Å². The number of hydrogen-bond acceptors (Lipinski definition) is 5. The van der Waals surface area contributed by atoms with E-state index in [0.29, 0.717) is 26.1 Å². The highest BCUT2D eigenvalue weighted by atomic mass is 16.5. The molecule has 0 saturated carbocycles. The van der Waals surface area contributed by atoms with Gasteiger partial charge in [0.15, 0.2) is 0 Å². The van der Waals surface area contributed by atoms with Crippen LogP contribution in [0.4, 0.5) is 0 Å². The Kier molecular flexibility index (Phi) is 3.61. The second-order valence-corrected chi connectivity index (χ2v) is 4.88. The van der Waals surface area contributed by atoms with Crippen molar-refractivity contribution >= 4 is 5.97 Å². The number of nitrogens with zero attached hydrogens (tertiary/aromatic N) is 1. The first-order valence-corrected chi connectivity index (χ1v) is 6.10. The minimum Gasteiger partial charge on any atom is -0.507 e. The number of methoxy groups -OCH3 is 1. The Bertz CT molecular complexity index is 542. The van der Waals surface area contributed by atoms with Gasteiger partial charge >= 0.3 is 5.97 Å². The molecule has 1 fully saturated rings. The number of esters is 1. The van der Waals surface area contributed by atoms with Crippen LogP contribution in [0.25, 0.3) is 0 Å². The summed E-state index contributed by atoms with van der Waals surface area (Å²) in [4.78, 5) is 23.6. The average Bonchev–Trinajstić information content (AvgIpc) is 2.38. The molecule has 6 heteroatoms. The third-order valence-corrected chi connectivity index (χ3v) is 3.59. The Hall–Kier alpha value is -1.82. The molecule has 6 nitrogen and oxygen atoms in total. The molecule has 0 unspecified atom stereocenters. The quantitative estimate of drug-likeness (QED) is 0.804. The number of ether oxygens (including phenoxy) is 2. The fraction of sp³-hybridized carbons (Fsp3) is 0.538. The molecule has 104 valence electrons. The molecule has 1 aromatic rings. The van der Waals surface area contributed by atoms with Crippen molar-refractivity contribution in [2.75, 3.05) is 20.3 Å². The maximum Gasteiger partial charge on any atom is 0.343 e. The number of aromatic nitrogens is 1. The zero-order chi connectivity index (χ0) is 14.0. The molecule has 1 aliphatic heterocycles. The Labute approximate surface area is 110 Å². The molecule has 0 aromatic carbocycles. The fourth-order valence-corrected chi connectivity index (χ4v) is 2.26. The van der Waals surface area contributed by atoms with E-state index in [-0.39, 0.29) is 16.9 Å². The molecule has 0 spiro atoms. The summed E-state index contributed by atoms with van der Waals surface area (Å²) in [5, 5.41) is 9.66. The van der Waals surface area contributed by atoms with Crippen LogP contribution in [0.3, 0.4) is 0 Å². The van der Waals surface area contributed by atoms with Gasteiger partial charge in [-0.3, -0.25) is 4.79 Å². The van der Waals surface area contributed by atoms with Gasteiger partial charge in [0.05, 0.1) is 7.11 Å². The number of carbonyl (C=O) groups is 1. The first-order valence-electron chi connectivity index (χ1n) is 6.10. The number of hydrogen-bond donors (Lipinski definition) is 1. The summed E-state index contributed by atoms with van der Waals surface area (Å²) in [5.74, 6) is -1.02. The summed E-state index contributed by atoms with van der Waals surface area (Å²) in [6.45, 7) is 3.07. The van der Waals surface area contributed by atoms with Crippen molar-refractivity contribution in [3.8, 4) is 5.75 Å². The average molecular weight is 267 g/mol. The molecule has 0 amide bonds. The van der Waals surface area contributed by atoms with Gasteiger partial charge in [-0.15, -0.1) is 0 Å². The number of pyridine rings is 1. The van der Waals surface area contributed by atoms with Gasteiger partial charge < -0.3 is 19.1 Å². The van der Waals surface area contributed by atoms with E-state index in [1.807, 2.05) is 6.92 Å². The molecule has 19 heavy (non-hydrogen) atoms. The summed E-state index contributed by atoms with van der Waals surface area (Å²) in [5.41, 5.74) is -0.754. The predicted molar refractivity (Wildman–Crippen MR) is 67.4 cm³/mol. The normalized spacial score (nSPS) is 18.0. The van der Waals surface area contributed by atoms with Gasteiger partial charge in [-0.05, 0) is 19.8 Å². The van der Waals surface area contributed by atoms with Crippen molar-refractivity contribution in [1.29, 1.82) is 0 Å². The first-order chi connectivity index (χ1) is 8.98. The van der Waals surface area contributed by atoms with Gasteiger partial charge in [0, 0.05) is 31.0 Å². The zero-order valence-corrected chi connectivity index (χ0v) is 11.0. The summed E-state index contributed by atoms with van der Waals surface area (Å²) in [6.07, 6.45) is 2.73. The fourth-order valence-electron chi connectivity index (χ4n) is 2.26. The molecular weight excluding hydrogens is 250 g/mol. The van der Waals surface area contributed by atoms with Crippen LogP contribution in [0, 0.1) is 0 Å². The van der Waals surface area contributed by atoms with Crippen LogP contribution in [-0.4, -0.2) is 36.0 Å². The number of rotatable bonds is 2. The van der Waals surface area contributed by atoms with Crippen LogP contribution < -0.4 is 5.56 Å². The molecular formula is C13H17NO5. The van der Waals surface area contributed by atoms with Gasteiger partial charge in [0.1, 0.15) is 11.3 Å². The van der Waals surface area contributed by atoms with E-state index in [0.717, 1.165) is 6.07 Å². The van der Waals surface area contributed by atoms with Crippen molar-refractivity contribution < 1.29 is 19.4 Å². The van der Waals surface area contributed by atoms with Gasteiger partial charge in [-0.2, -0.15) is 0 Å².